The molecule has 1 N–H and O–H groups in total. The van der Waals surface area contributed by atoms with Crippen LogP contribution < -0.4 is 19.3 Å². The molecule has 0 unspecified atom stereocenters. The van der Waals surface area contributed by atoms with E-state index < -0.39 is 33.4 Å². The van der Waals surface area contributed by atoms with Gasteiger partial charge in [-0.2, -0.15) is 0 Å². The van der Waals surface area contributed by atoms with Gasteiger partial charge in [0.1, 0.15) is 17.3 Å². The van der Waals surface area contributed by atoms with E-state index in [-0.39, 0.29) is 29.8 Å². The van der Waals surface area contributed by atoms with Crippen molar-refractivity contribution in [3.8, 4) is 22.6 Å². The fourth-order valence-electron chi connectivity index (χ4n) is 4.17. The van der Waals surface area contributed by atoms with Crippen molar-refractivity contribution in [2.45, 2.75) is 19.0 Å². The van der Waals surface area contributed by atoms with Crippen LogP contribution in [0.4, 0.5) is 10.1 Å². The molecule has 11 nitrogen and oxygen atoms in total. The average molecular weight is 557 g/mol. The third-order valence-corrected chi connectivity index (χ3v) is 7.26. The number of aryl methyl sites for hydroxylation is 1. The molecule has 0 radical (unpaired) electrons. The van der Waals surface area contributed by atoms with Crippen LogP contribution in [0.5, 0.6) is 11.5 Å². The normalized spacial score (nSPS) is 12.2. The predicted octanol–water partition coefficient (Wildman–Crippen LogP) is 2.92. The van der Waals surface area contributed by atoms with Gasteiger partial charge in [0.05, 0.1) is 31.5 Å². The minimum atomic E-state index is -4.07. The van der Waals surface area contributed by atoms with Crippen molar-refractivity contribution in [1.82, 2.24) is 15.0 Å². The van der Waals surface area contributed by atoms with Crippen molar-refractivity contribution in [3.05, 3.63) is 76.8 Å². The highest BCUT2D eigenvalue weighted by Gasteiger charge is 2.33. The average Bonchev–Trinajstić information content (AvgIpc) is 2.91. The Kier molecular flexibility index (Phi) is 7.81. The van der Waals surface area contributed by atoms with E-state index in [0.717, 1.165) is 15.2 Å². The Morgan fingerprint density at radius 1 is 1.05 bits per heavy atom. The van der Waals surface area contributed by atoms with Crippen molar-refractivity contribution in [1.29, 1.82) is 0 Å². The lowest BCUT2D eigenvalue weighted by molar-refractivity contribution is -0.138. The Hall–Kier alpha value is -4.52. The summed E-state index contributed by atoms with van der Waals surface area (Å²) in [5.74, 6) is -1.40. The van der Waals surface area contributed by atoms with Gasteiger partial charge in [-0.25, -0.2) is 22.3 Å². The molecule has 39 heavy (non-hydrogen) atoms. The van der Waals surface area contributed by atoms with Crippen LogP contribution in [0.3, 0.4) is 0 Å². The molecule has 4 aromatic rings. The second-order valence-electron chi connectivity index (χ2n) is 8.60. The molecule has 1 aromatic heterocycles. The van der Waals surface area contributed by atoms with Crippen LogP contribution in [0.1, 0.15) is 6.42 Å². The number of halogens is 1. The maximum Gasteiger partial charge on any atom is 0.327 e. The fourth-order valence-corrected chi connectivity index (χ4v) is 5.33. The summed E-state index contributed by atoms with van der Waals surface area (Å²) < 4.78 is 51.5. The first kappa shape index (κ1) is 27.5. The number of methoxy groups -OCH3 is 2. The lowest BCUT2D eigenvalue weighted by Gasteiger charge is -2.29. The monoisotopic (exact) mass is 556 g/mol. The van der Waals surface area contributed by atoms with Crippen LogP contribution in [-0.2, 0) is 21.4 Å². The van der Waals surface area contributed by atoms with E-state index in [1.807, 2.05) is 0 Å². The van der Waals surface area contributed by atoms with Crippen molar-refractivity contribution in [2.24, 2.45) is 0 Å². The lowest BCUT2D eigenvalue weighted by atomic mass is 10.0. The number of rotatable bonds is 10. The highest BCUT2D eigenvalue weighted by atomic mass is 32.2. The molecule has 0 fully saturated rings. The summed E-state index contributed by atoms with van der Waals surface area (Å²) in [4.78, 5) is 25.1. The molecule has 0 bridgehead atoms. The van der Waals surface area contributed by atoms with Gasteiger partial charge >= 0.3 is 5.97 Å². The molecule has 0 aliphatic carbocycles. The molecule has 0 spiro atoms. The first-order valence-corrected chi connectivity index (χ1v) is 13.5. The van der Waals surface area contributed by atoms with Crippen molar-refractivity contribution < 1.29 is 32.2 Å². The number of sulfonamides is 1. The number of aromatic nitrogens is 3. The molecular weight excluding hydrogens is 531 g/mol. The minimum Gasteiger partial charge on any atom is -0.497 e. The summed E-state index contributed by atoms with van der Waals surface area (Å²) in [5, 5.41) is 18.1. The van der Waals surface area contributed by atoms with Crippen LogP contribution in [0.15, 0.2) is 65.5 Å². The largest absolute Gasteiger partial charge is 0.497 e. The third kappa shape index (κ3) is 5.82. The maximum absolute atomic E-state index is 14.2. The van der Waals surface area contributed by atoms with Crippen molar-refractivity contribution in [2.75, 3.05) is 24.8 Å². The third-order valence-electron chi connectivity index (χ3n) is 6.08. The summed E-state index contributed by atoms with van der Waals surface area (Å²) in [7, 11) is -1.25. The van der Waals surface area contributed by atoms with Crippen LogP contribution in [0, 0.1) is 5.82 Å². The quantitative estimate of drug-likeness (QED) is 0.312. The number of ether oxygens (including phenoxy) is 2. The summed E-state index contributed by atoms with van der Waals surface area (Å²) in [6.07, 6.45) is 0.620. The predicted molar refractivity (Wildman–Crippen MR) is 142 cm³/mol. The van der Waals surface area contributed by atoms with Crippen molar-refractivity contribution >= 4 is 32.6 Å². The van der Waals surface area contributed by atoms with Gasteiger partial charge in [0.15, 0.2) is 11.6 Å². The number of carboxylic acid groups (broad SMARTS) is 1. The molecular formula is C26H25FN4O7S. The van der Waals surface area contributed by atoms with Gasteiger partial charge in [-0.1, -0.05) is 23.4 Å². The number of hydrogen-bond donors (Lipinski definition) is 1. The van der Waals surface area contributed by atoms with Crippen LogP contribution >= 0.6 is 0 Å². The van der Waals surface area contributed by atoms with E-state index in [9.17, 15) is 27.5 Å². The number of benzene rings is 3. The van der Waals surface area contributed by atoms with E-state index in [1.54, 1.807) is 30.3 Å². The number of fused-ring (bicyclic) bond motifs is 1. The van der Waals surface area contributed by atoms with Crippen LogP contribution in [0.25, 0.3) is 22.0 Å². The molecule has 0 aliphatic rings. The van der Waals surface area contributed by atoms with Gasteiger partial charge < -0.3 is 14.6 Å². The van der Waals surface area contributed by atoms with Crippen LogP contribution in [-0.4, -0.2) is 61.0 Å². The topological polar surface area (TPSA) is 141 Å². The first-order chi connectivity index (χ1) is 18.5. The van der Waals surface area contributed by atoms with Crippen LogP contribution in [0.2, 0.25) is 0 Å². The Morgan fingerprint density at radius 3 is 2.33 bits per heavy atom. The summed E-state index contributed by atoms with van der Waals surface area (Å²) in [6, 6.07) is 13.5. The van der Waals surface area contributed by atoms with Gasteiger partial charge in [-0.3, -0.25) is 9.10 Å². The smallest absolute Gasteiger partial charge is 0.327 e. The Labute approximate surface area is 223 Å². The van der Waals surface area contributed by atoms with E-state index in [0.29, 0.717) is 22.4 Å². The molecule has 13 heteroatoms. The zero-order chi connectivity index (χ0) is 28.3. The number of carbonyl (C=O) groups is 1. The standard InChI is InChI=1S/C26H25FN4O7S/c1-37-19-9-10-20-22(15-19)28-29-30(25(20)32)13-12-23(26(33)34)31(39(3,35)36)18-7-4-16(5-8-18)17-6-11-24(38-2)21(27)14-17/h4-11,14-15,23H,12-13H2,1-3H3,(H,33,34)/t23-/m1/s1. The minimum absolute atomic E-state index is 0.0813. The molecule has 3 aromatic carbocycles. The van der Waals surface area contributed by atoms with E-state index in [2.05, 4.69) is 10.3 Å². The Balaban J connectivity index is 1.63. The molecule has 0 saturated heterocycles. The van der Waals surface area contributed by atoms with Gasteiger partial charge in [-0.05, 0) is 53.9 Å². The summed E-state index contributed by atoms with van der Waals surface area (Å²) >= 11 is 0. The SMILES string of the molecule is COc1ccc2c(=O)n(CC[C@H](C(=O)O)N(c3ccc(-c4ccc(OC)c(F)c4)cc3)S(C)(=O)=O)nnc2c1. The molecule has 0 aliphatic heterocycles. The molecule has 1 heterocycles. The second kappa shape index (κ2) is 11.1. The lowest BCUT2D eigenvalue weighted by Crippen LogP contribution is -2.46. The highest BCUT2D eigenvalue weighted by Crippen LogP contribution is 2.29. The number of nitrogens with zero attached hydrogens (tertiary/aromatic N) is 4. The second-order valence-corrected chi connectivity index (χ2v) is 10.5. The Bertz CT molecular complexity index is 1690. The Morgan fingerprint density at radius 2 is 1.74 bits per heavy atom. The summed E-state index contributed by atoms with van der Waals surface area (Å²) in [6.45, 7) is -0.208. The van der Waals surface area contributed by atoms with E-state index in [4.69, 9.17) is 9.47 Å². The molecule has 204 valence electrons. The fraction of sp³-hybridized carbons (Fsp3) is 0.231. The molecule has 1 atom stereocenters. The first-order valence-electron chi connectivity index (χ1n) is 11.6. The molecule has 0 saturated carbocycles. The number of aliphatic carboxylic acids is 1. The number of carboxylic acids is 1. The number of anilines is 1. The zero-order valence-electron chi connectivity index (χ0n) is 21.2. The van der Waals surface area contributed by atoms with Gasteiger partial charge in [-0.15, -0.1) is 5.10 Å². The summed E-state index contributed by atoms with van der Waals surface area (Å²) in [5.41, 5.74) is 0.989. The van der Waals surface area contributed by atoms with Gasteiger partial charge in [0.2, 0.25) is 10.0 Å². The molecule has 0 amide bonds. The van der Waals surface area contributed by atoms with E-state index in [1.165, 1.54) is 44.6 Å². The van der Waals surface area contributed by atoms with E-state index >= 15 is 0 Å². The maximum atomic E-state index is 14.2. The highest BCUT2D eigenvalue weighted by molar-refractivity contribution is 7.92. The zero-order valence-corrected chi connectivity index (χ0v) is 22.1. The van der Waals surface area contributed by atoms with Gasteiger partial charge in [0, 0.05) is 12.6 Å². The number of hydrogen-bond acceptors (Lipinski definition) is 8. The van der Waals surface area contributed by atoms with Gasteiger partial charge in [0.25, 0.3) is 5.56 Å². The van der Waals surface area contributed by atoms with Crippen molar-refractivity contribution in [3.63, 3.8) is 0 Å². The molecule has 4 rings (SSSR count).